The number of amides is 1. The van der Waals surface area contributed by atoms with Gasteiger partial charge in [0.1, 0.15) is 12.3 Å². The maximum absolute atomic E-state index is 13.5. The second kappa shape index (κ2) is 9.94. The molecule has 0 radical (unpaired) electrons. The molecule has 0 aromatic heterocycles. The van der Waals surface area contributed by atoms with E-state index in [1.807, 2.05) is 13.8 Å². The number of aryl methyl sites for hydroxylation is 2. The number of nitrogens with one attached hydrogen (secondary N) is 1. The summed E-state index contributed by atoms with van der Waals surface area (Å²) in [6.45, 7) is 3.31. The lowest BCUT2D eigenvalue weighted by Crippen LogP contribution is -2.38. The molecule has 3 aromatic carbocycles. The smallest absolute Gasteiger partial charge is 0.264 e. The Morgan fingerprint density at radius 2 is 1.75 bits per heavy atom. The normalized spacial score (nSPS) is 11.2. The molecule has 0 aliphatic heterocycles. The molecule has 0 atom stereocenters. The fourth-order valence-electron chi connectivity index (χ4n) is 3.01. The fraction of sp³-hybridized carbons (Fsp3) is 0.174. The molecule has 0 saturated carbocycles. The molecule has 32 heavy (non-hydrogen) atoms. The van der Waals surface area contributed by atoms with Gasteiger partial charge in [-0.25, -0.2) is 8.42 Å². The summed E-state index contributed by atoms with van der Waals surface area (Å²) in [6.07, 6.45) is 0. The van der Waals surface area contributed by atoms with E-state index in [9.17, 15) is 13.2 Å². The van der Waals surface area contributed by atoms with E-state index in [1.54, 1.807) is 48.5 Å². The summed E-state index contributed by atoms with van der Waals surface area (Å²) in [5.41, 5.74) is 2.68. The largest absolute Gasteiger partial charge is 0.496 e. The van der Waals surface area contributed by atoms with Crippen molar-refractivity contribution in [3.63, 3.8) is 0 Å². The second-order valence-electron chi connectivity index (χ2n) is 7.15. The number of rotatable bonds is 7. The first-order valence-electron chi connectivity index (χ1n) is 9.61. The van der Waals surface area contributed by atoms with Crippen molar-refractivity contribution in [1.29, 1.82) is 0 Å². The van der Waals surface area contributed by atoms with E-state index in [-0.39, 0.29) is 4.90 Å². The highest BCUT2D eigenvalue weighted by Gasteiger charge is 2.28. The molecule has 9 heteroatoms. The van der Waals surface area contributed by atoms with Gasteiger partial charge in [-0.15, -0.1) is 0 Å². The molecule has 0 fully saturated rings. The molecule has 0 heterocycles. The lowest BCUT2D eigenvalue weighted by atomic mass is 10.2. The average molecular weight is 538 g/mol. The number of anilines is 2. The highest BCUT2D eigenvalue weighted by molar-refractivity contribution is 9.10. The van der Waals surface area contributed by atoms with E-state index in [0.717, 1.165) is 15.4 Å². The van der Waals surface area contributed by atoms with Crippen LogP contribution >= 0.6 is 27.5 Å². The van der Waals surface area contributed by atoms with E-state index in [1.165, 1.54) is 19.2 Å². The van der Waals surface area contributed by atoms with E-state index in [4.69, 9.17) is 16.3 Å². The Balaban J connectivity index is 1.98. The molecule has 0 spiro atoms. The van der Waals surface area contributed by atoms with Crippen LogP contribution in [0.25, 0.3) is 0 Å². The van der Waals surface area contributed by atoms with Crippen molar-refractivity contribution < 1.29 is 17.9 Å². The molecular weight excluding hydrogens is 516 g/mol. The lowest BCUT2D eigenvalue weighted by Gasteiger charge is -2.24. The summed E-state index contributed by atoms with van der Waals surface area (Å²) in [4.78, 5) is 12.9. The van der Waals surface area contributed by atoms with Gasteiger partial charge in [-0.3, -0.25) is 9.10 Å². The highest BCUT2D eigenvalue weighted by Crippen LogP contribution is 2.31. The van der Waals surface area contributed by atoms with Gasteiger partial charge >= 0.3 is 0 Å². The zero-order valence-electron chi connectivity index (χ0n) is 17.7. The van der Waals surface area contributed by atoms with Gasteiger partial charge < -0.3 is 10.1 Å². The molecule has 0 bridgehead atoms. The van der Waals surface area contributed by atoms with E-state index >= 15 is 0 Å². The van der Waals surface area contributed by atoms with E-state index in [2.05, 4.69) is 21.2 Å². The SMILES string of the molecule is COc1ccc(S(=O)(=O)N(CC(=O)Nc2cc(Cl)ccc2C)c2ccc(C)cc2)cc1Br. The topological polar surface area (TPSA) is 75.7 Å². The predicted octanol–water partition coefficient (Wildman–Crippen LogP) is 5.56. The van der Waals surface area contributed by atoms with Crippen molar-refractivity contribution in [2.45, 2.75) is 18.7 Å². The van der Waals surface area contributed by atoms with Crippen molar-refractivity contribution in [3.05, 3.63) is 81.3 Å². The van der Waals surface area contributed by atoms with Gasteiger partial charge in [-0.1, -0.05) is 35.4 Å². The van der Waals surface area contributed by atoms with Crippen LogP contribution in [0.1, 0.15) is 11.1 Å². The highest BCUT2D eigenvalue weighted by atomic mass is 79.9. The fourth-order valence-corrected chi connectivity index (χ4v) is 5.32. The molecule has 3 aromatic rings. The molecule has 0 aliphatic rings. The van der Waals surface area contributed by atoms with Crippen LogP contribution in [0, 0.1) is 13.8 Å². The molecule has 1 N–H and O–H groups in total. The number of benzene rings is 3. The van der Waals surface area contributed by atoms with Crippen molar-refractivity contribution in [2.75, 3.05) is 23.3 Å². The Labute approximate surface area is 201 Å². The number of sulfonamides is 1. The summed E-state index contributed by atoms with van der Waals surface area (Å²) in [7, 11) is -2.56. The number of carbonyl (C=O) groups excluding carboxylic acids is 1. The van der Waals surface area contributed by atoms with E-state index < -0.39 is 22.5 Å². The van der Waals surface area contributed by atoms with E-state index in [0.29, 0.717) is 26.6 Å². The minimum absolute atomic E-state index is 0.0255. The van der Waals surface area contributed by atoms with Crippen molar-refractivity contribution in [1.82, 2.24) is 0 Å². The van der Waals surface area contributed by atoms with Gasteiger partial charge in [0.2, 0.25) is 5.91 Å². The zero-order valence-corrected chi connectivity index (χ0v) is 20.9. The first kappa shape index (κ1) is 24.1. The summed E-state index contributed by atoms with van der Waals surface area (Å²) >= 11 is 9.36. The molecule has 6 nitrogen and oxygen atoms in total. The van der Waals surface area contributed by atoms with Gasteiger partial charge in [-0.2, -0.15) is 0 Å². The Kier molecular flexibility index (Phi) is 7.48. The van der Waals surface area contributed by atoms with Crippen LogP contribution < -0.4 is 14.4 Å². The van der Waals surface area contributed by atoms with Crippen LogP contribution in [0.15, 0.2) is 70.0 Å². The van der Waals surface area contributed by atoms with Crippen molar-refractivity contribution >= 4 is 54.8 Å². The predicted molar refractivity (Wildman–Crippen MR) is 131 cm³/mol. The Morgan fingerprint density at radius 3 is 2.38 bits per heavy atom. The van der Waals surface area contributed by atoms with Crippen LogP contribution in [0.4, 0.5) is 11.4 Å². The standard InChI is InChI=1S/C23H22BrClN2O4S/c1-15-4-8-18(9-5-15)27(14-23(28)26-21-12-17(25)7-6-16(21)2)32(29,30)19-10-11-22(31-3)20(24)13-19/h4-13H,14H2,1-3H3,(H,26,28). The number of hydrogen-bond donors (Lipinski definition) is 1. The summed E-state index contributed by atoms with van der Waals surface area (Å²) in [6, 6.07) is 16.5. The Bertz CT molecular complexity index is 1250. The molecule has 1 amide bonds. The number of methoxy groups -OCH3 is 1. The summed E-state index contributed by atoms with van der Waals surface area (Å²) < 4.78 is 33.8. The van der Waals surface area contributed by atoms with Crippen molar-refractivity contribution in [2.24, 2.45) is 0 Å². The Hall–Kier alpha value is -2.55. The minimum Gasteiger partial charge on any atom is -0.496 e. The van der Waals surface area contributed by atoms with Crippen molar-refractivity contribution in [3.8, 4) is 5.75 Å². The average Bonchev–Trinajstić information content (AvgIpc) is 2.75. The Morgan fingerprint density at radius 1 is 1.06 bits per heavy atom. The maximum atomic E-state index is 13.5. The van der Waals surface area contributed by atoms with Gasteiger partial charge in [0.15, 0.2) is 0 Å². The molecule has 0 unspecified atom stereocenters. The third-order valence-electron chi connectivity index (χ3n) is 4.79. The molecule has 0 aliphatic carbocycles. The lowest BCUT2D eigenvalue weighted by molar-refractivity contribution is -0.114. The van der Waals surface area contributed by atoms with Crippen LogP contribution in [-0.2, 0) is 14.8 Å². The van der Waals surface area contributed by atoms with Crippen LogP contribution in [0.3, 0.4) is 0 Å². The zero-order chi connectivity index (χ0) is 23.5. The monoisotopic (exact) mass is 536 g/mol. The van der Waals surface area contributed by atoms with Gasteiger partial charge in [0, 0.05) is 10.7 Å². The first-order valence-corrected chi connectivity index (χ1v) is 12.2. The number of halogens is 2. The number of carbonyl (C=O) groups is 1. The molecule has 3 rings (SSSR count). The number of nitrogens with zero attached hydrogens (tertiary/aromatic N) is 1. The second-order valence-corrected chi connectivity index (χ2v) is 10.3. The third-order valence-corrected chi connectivity index (χ3v) is 7.42. The third kappa shape index (κ3) is 5.43. The molecule has 0 saturated heterocycles. The van der Waals surface area contributed by atoms with Gasteiger partial charge in [0.05, 0.1) is 22.2 Å². The van der Waals surface area contributed by atoms with Crippen LogP contribution in [-0.4, -0.2) is 28.0 Å². The number of ether oxygens (including phenoxy) is 1. The van der Waals surface area contributed by atoms with Gasteiger partial charge in [-0.05, 0) is 77.8 Å². The summed E-state index contributed by atoms with van der Waals surface area (Å²) in [5.74, 6) is 0.00658. The quantitative estimate of drug-likeness (QED) is 0.428. The molecule has 168 valence electrons. The summed E-state index contributed by atoms with van der Waals surface area (Å²) in [5, 5.41) is 3.23. The molecular formula is C23H22BrClN2O4S. The van der Waals surface area contributed by atoms with Gasteiger partial charge in [0.25, 0.3) is 10.0 Å². The number of hydrogen-bond acceptors (Lipinski definition) is 4. The minimum atomic E-state index is -4.06. The first-order chi connectivity index (χ1) is 15.1. The van der Waals surface area contributed by atoms with Crippen LogP contribution in [0.2, 0.25) is 5.02 Å². The maximum Gasteiger partial charge on any atom is 0.264 e. The van der Waals surface area contributed by atoms with Crippen LogP contribution in [0.5, 0.6) is 5.75 Å².